The van der Waals surface area contributed by atoms with Gasteiger partial charge in [-0.15, -0.1) is 0 Å². The molecular formula is C17H13ClN4O3S. The van der Waals surface area contributed by atoms with Gasteiger partial charge in [0.2, 0.25) is 0 Å². The molecule has 0 spiro atoms. The quantitative estimate of drug-likeness (QED) is 0.379. The van der Waals surface area contributed by atoms with Crippen molar-refractivity contribution < 1.29 is 13.9 Å². The van der Waals surface area contributed by atoms with Gasteiger partial charge in [-0.1, -0.05) is 11.6 Å². The Kier molecular flexibility index (Phi) is 6.24. The van der Waals surface area contributed by atoms with Crippen molar-refractivity contribution in [3.63, 3.8) is 0 Å². The number of aromatic nitrogens is 2. The monoisotopic (exact) mass is 388 g/mol. The molecule has 26 heavy (non-hydrogen) atoms. The van der Waals surface area contributed by atoms with Gasteiger partial charge in [-0.05, 0) is 54.2 Å². The Morgan fingerprint density at radius 1 is 1.23 bits per heavy atom. The highest BCUT2D eigenvalue weighted by Crippen LogP contribution is 2.25. The van der Waals surface area contributed by atoms with E-state index in [9.17, 15) is 4.79 Å². The summed E-state index contributed by atoms with van der Waals surface area (Å²) >= 11 is 7.06. The van der Waals surface area contributed by atoms with Gasteiger partial charge in [0.15, 0.2) is 16.9 Å². The third-order valence-electron chi connectivity index (χ3n) is 2.90. The number of furan rings is 1. The fraction of sp³-hybridized carbons (Fsp3) is 0.0588. The molecular weight excluding hydrogens is 376 g/mol. The second-order valence-corrected chi connectivity index (χ2v) is 6.23. The van der Waals surface area contributed by atoms with Crippen LogP contribution in [0.3, 0.4) is 0 Å². The molecule has 0 aliphatic heterocycles. The SMILES string of the molecule is O=C(COc1ccc(Cl)cc1)N/N=C/c1ccc(Sc2ncccn2)o1. The van der Waals surface area contributed by atoms with E-state index in [0.717, 1.165) is 0 Å². The maximum absolute atomic E-state index is 11.7. The first-order valence-electron chi connectivity index (χ1n) is 7.44. The molecule has 132 valence electrons. The first-order valence-corrected chi connectivity index (χ1v) is 8.63. The largest absolute Gasteiger partial charge is 0.484 e. The van der Waals surface area contributed by atoms with E-state index in [1.54, 1.807) is 54.9 Å². The average Bonchev–Trinajstić information content (AvgIpc) is 3.09. The van der Waals surface area contributed by atoms with E-state index in [2.05, 4.69) is 20.5 Å². The summed E-state index contributed by atoms with van der Waals surface area (Å²) in [6, 6.07) is 12.0. The molecule has 3 rings (SSSR count). The number of benzene rings is 1. The normalized spacial score (nSPS) is 10.8. The second-order valence-electron chi connectivity index (χ2n) is 4.83. The number of hydrazone groups is 1. The van der Waals surface area contributed by atoms with E-state index >= 15 is 0 Å². The van der Waals surface area contributed by atoms with E-state index in [-0.39, 0.29) is 6.61 Å². The van der Waals surface area contributed by atoms with Crippen molar-refractivity contribution in [1.29, 1.82) is 0 Å². The Bertz CT molecular complexity index is 885. The van der Waals surface area contributed by atoms with E-state index in [0.29, 0.717) is 26.8 Å². The maximum Gasteiger partial charge on any atom is 0.277 e. The molecule has 3 aromatic rings. The third-order valence-corrected chi connectivity index (χ3v) is 3.97. The highest BCUT2D eigenvalue weighted by atomic mass is 35.5. The summed E-state index contributed by atoms with van der Waals surface area (Å²) in [7, 11) is 0. The Morgan fingerprint density at radius 2 is 2.00 bits per heavy atom. The standard InChI is InChI=1S/C17H13ClN4O3S/c18-12-2-4-13(5-3-12)24-11-15(23)22-21-10-14-6-7-16(25-14)26-17-19-8-1-9-20-17/h1-10H,11H2,(H,22,23)/b21-10+. The van der Waals surface area contributed by atoms with Crippen molar-refractivity contribution >= 4 is 35.5 Å². The Labute approximate surface area is 158 Å². The van der Waals surface area contributed by atoms with Gasteiger partial charge < -0.3 is 9.15 Å². The highest BCUT2D eigenvalue weighted by Gasteiger charge is 2.05. The molecule has 0 radical (unpaired) electrons. The van der Waals surface area contributed by atoms with Gasteiger partial charge in [-0.2, -0.15) is 5.10 Å². The summed E-state index contributed by atoms with van der Waals surface area (Å²) in [5, 5.41) is 5.63. The molecule has 1 amide bonds. The van der Waals surface area contributed by atoms with Gasteiger partial charge in [0.1, 0.15) is 11.5 Å². The van der Waals surface area contributed by atoms with Crippen LogP contribution in [0, 0.1) is 0 Å². The van der Waals surface area contributed by atoms with Crippen LogP contribution in [-0.4, -0.2) is 28.7 Å². The molecule has 7 nitrogen and oxygen atoms in total. The topological polar surface area (TPSA) is 89.6 Å². The number of rotatable bonds is 7. The number of halogens is 1. The maximum atomic E-state index is 11.7. The van der Waals surface area contributed by atoms with Crippen molar-refractivity contribution in [3.8, 4) is 5.75 Å². The van der Waals surface area contributed by atoms with Crippen LogP contribution < -0.4 is 10.2 Å². The minimum Gasteiger partial charge on any atom is -0.484 e. The van der Waals surface area contributed by atoms with Gasteiger partial charge in [0.05, 0.1) is 6.21 Å². The highest BCUT2D eigenvalue weighted by molar-refractivity contribution is 7.99. The lowest BCUT2D eigenvalue weighted by molar-refractivity contribution is -0.123. The Morgan fingerprint density at radius 3 is 2.77 bits per heavy atom. The Hall–Kier alpha value is -2.84. The fourth-order valence-electron chi connectivity index (χ4n) is 1.77. The predicted octanol–water partition coefficient (Wildman–Crippen LogP) is 3.40. The summed E-state index contributed by atoms with van der Waals surface area (Å²) in [6.45, 7) is -0.163. The van der Waals surface area contributed by atoms with Crippen LogP contribution in [0.2, 0.25) is 5.02 Å². The van der Waals surface area contributed by atoms with Crippen LogP contribution >= 0.6 is 23.4 Å². The molecule has 0 unspecified atom stereocenters. The van der Waals surface area contributed by atoms with Gasteiger partial charge in [-0.3, -0.25) is 4.79 Å². The molecule has 0 saturated heterocycles. The van der Waals surface area contributed by atoms with E-state index < -0.39 is 5.91 Å². The number of nitrogens with zero attached hydrogens (tertiary/aromatic N) is 3. The first kappa shape index (κ1) is 18.0. The number of amides is 1. The number of hydrogen-bond acceptors (Lipinski definition) is 7. The third kappa shape index (κ3) is 5.61. The average molecular weight is 389 g/mol. The summed E-state index contributed by atoms with van der Waals surface area (Å²) < 4.78 is 10.9. The fourth-order valence-corrected chi connectivity index (χ4v) is 2.57. The zero-order chi connectivity index (χ0) is 18.2. The summed E-state index contributed by atoms with van der Waals surface area (Å²) in [4.78, 5) is 19.9. The first-order chi connectivity index (χ1) is 12.7. The minimum atomic E-state index is -0.393. The van der Waals surface area contributed by atoms with Crippen LogP contribution in [0.1, 0.15) is 5.76 Å². The molecule has 9 heteroatoms. The lowest BCUT2D eigenvalue weighted by Crippen LogP contribution is -2.24. The van der Waals surface area contributed by atoms with Crippen molar-refractivity contribution in [2.24, 2.45) is 5.10 Å². The number of hydrogen-bond donors (Lipinski definition) is 1. The molecule has 0 aliphatic carbocycles. The van der Waals surface area contributed by atoms with Crippen molar-refractivity contribution in [2.75, 3.05) is 6.61 Å². The molecule has 0 bridgehead atoms. The van der Waals surface area contributed by atoms with E-state index in [1.165, 1.54) is 18.0 Å². The zero-order valence-electron chi connectivity index (χ0n) is 13.3. The molecule has 2 aromatic heterocycles. The van der Waals surface area contributed by atoms with Gasteiger partial charge in [-0.25, -0.2) is 15.4 Å². The van der Waals surface area contributed by atoms with Crippen LogP contribution in [0.4, 0.5) is 0 Å². The van der Waals surface area contributed by atoms with Gasteiger partial charge >= 0.3 is 0 Å². The van der Waals surface area contributed by atoms with Crippen molar-refractivity contribution in [3.05, 3.63) is 65.6 Å². The second kappa shape index (κ2) is 9.02. The number of carbonyl (C=O) groups is 1. The van der Waals surface area contributed by atoms with Crippen molar-refractivity contribution in [2.45, 2.75) is 10.2 Å². The number of ether oxygens (including phenoxy) is 1. The lowest BCUT2D eigenvalue weighted by atomic mass is 10.3. The van der Waals surface area contributed by atoms with E-state index in [1.807, 2.05) is 0 Å². The summed E-state index contributed by atoms with van der Waals surface area (Å²) in [5.41, 5.74) is 2.36. The zero-order valence-corrected chi connectivity index (χ0v) is 14.9. The Balaban J connectivity index is 1.44. The van der Waals surface area contributed by atoms with E-state index in [4.69, 9.17) is 20.8 Å². The molecule has 1 aromatic carbocycles. The summed E-state index contributed by atoms with van der Waals surface area (Å²) in [5.74, 6) is 0.641. The molecule has 0 aliphatic rings. The molecule has 2 heterocycles. The van der Waals surface area contributed by atoms with Crippen LogP contribution in [0.25, 0.3) is 0 Å². The van der Waals surface area contributed by atoms with Crippen LogP contribution in [-0.2, 0) is 4.79 Å². The minimum absolute atomic E-state index is 0.163. The molecule has 0 saturated carbocycles. The lowest BCUT2D eigenvalue weighted by Gasteiger charge is -2.04. The summed E-state index contributed by atoms with van der Waals surface area (Å²) in [6.07, 6.45) is 4.71. The smallest absolute Gasteiger partial charge is 0.277 e. The number of carbonyl (C=O) groups excluding carboxylic acids is 1. The molecule has 0 fully saturated rings. The molecule has 1 N–H and O–H groups in total. The van der Waals surface area contributed by atoms with Crippen LogP contribution in [0.5, 0.6) is 5.75 Å². The van der Waals surface area contributed by atoms with Gasteiger partial charge in [0.25, 0.3) is 5.91 Å². The molecule has 0 atom stereocenters. The predicted molar refractivity (Wildman–Crippen MR) is 97.5 cm³/mol. The van der Waals surface area contributed by atoms with Crippen molar-refractivity contribution in [1.82, 2.24) is 15.4 Å². The van der Waals surface area contributed by atoms with Gasteiger partial charge in [0, 0.05) is 17.4 Å². The van der Waals surface area contributed by atoms with Crippen LogP contribution in [0.15, 0.2) is 74.6 Å². The number of nitrogens with one attached hydrogen (secondary N) is 1.